The van der Waals surface area contributed by atoms with Crippen LogP contribution in [0.2, 0.25) is 0 Å². The molecule has 0 fully saturated rings. The maximum atomic E-state index is 12.0. The fourth-order valence-corrected chi connectivity index (χ4v) is 2.20. The summed E-state index contributed by atoms with van der Waals surface area (Å²) in [5, 5.41) is 2.81. The normalized spacial score (nSPS) is 10.4. The molecule has 0 saturated heterocycles. The quantitative estimate of drug-likeness (QED) is 0.705. The van der Waals surface area contributed by atoms with Gasteiger partial charge in [-0.15, -0.1) is 0 Å². The molecule has 1 amide bonds. The molecule has 0 spiro atoms. The number of anilines is 1. The van der Waals surface area contributed by atoms with Crippen LogP contribution in [0.5, 0.6) is 11.5 Å². The molecule has 0 atom stereocenters. The van der Waals surface area contributed by atoms with Gasteiger partial charge in [-0.3, -0.25) is 4.79 Å². The second-order valence-corrected chi connectivity index (χ2v) is 5.68. The van der Waals surface area contributed by atoms with Gasteiger partial charge in [0.05, 0.1) is 6.61 Å². The Bertz CT molecular complexity index is 683. The Kier molecular flexibility index (Phi) is 7.29. The van der Waals surface area contributed by atoms with Crippen molar-refractivity contribution in [2.45, 2.75) is 20.8 Å². The van der Waals surface area contributed by atoms with E-state index in [9.17, 15) is 4.79 Å². The summed E-state index contributed by atoms with van der Waals surface area (Å²) in [4.78, 5) is 12.0. The van der Waals surface area contributed by atoms with E-state index in [2.05, 4.69) is 5.32 Å². The molecule has 1 N–H and O–H groups in total. The monoisotopic (exact) mass is 343 g/mol. The van der Waals surface area contributed by atoms with E-state index in [4.69, 9.17) is 14.2 Å². The summed E-state index contributed by atoms with van der Waals surface area (Å²) < 4.78 is 16.4. The molecule has 25 heavy (non-hydrogen) atoms. The average molecular weight is 343 g/mol. The lowest BCUT2D eigenvalue weighted by Crippen LogP contribution is -2.20. The second kappa shape index (κ2) is 9.69. The summed E-state index contributed by atoms with van der Waals surface area (Å²) in [6.45, 7) is 7.60. The predicted octanol–water partition coefficient (Wildman–Crippen LogP) is 3.74. The highest BCUT2D eigenvalue weighted by atomic mass is 16.5. The van der Waals surface area contributed by atoms with E-state index >= 15 is 0 Å². The average Bonchev–Trinajstić information content (AvgIpc) is 2.61. The number of hydrogen-bond acceptors (Lipinski definition) is 4. The minimum absolute atomic E-state index is 0.0309. The molecule has 2 rings (SSSR count). The fraction of sp³-hybridized carbons (Fsp3) is 0.350. The van der Waals surface area contributed by atoms with Gasteiger partial charge < -0.3 is 19.5 Å². The largest absolute Gasteiger partial charge is 0.491 e. The lowest BCUT2D eigenvalue weighted by molar-refractivity contribution is -0.118. The minimum atomic E-state index is -0.203. The lowest BCUT2D eigenvalue weighted by atomic mass is 10.1. The smallest absolute Gasteiger partial charge is 0.262 e. The molecule has 0 aliphatic heterocycles. The molecule has 0 bridgehead atoms. The second-order valence-electron chi connectivity index (χ2n) is 5.68. The molecule has 0 aliphatic rings. The van der Waals surface area contributed by atoms with Gasteiger partial charge in [-0.05, 0) is 62.2 Å². The zero-order valence-corrected chi connectivity index (χ0v) is 15.0. The number of benzene rings is 2. The van der Waals surface area contributed by atoms with Crippen LogP contribution < -0.4 is 14.8 Å². The number of amides is 1. The number of rotatable bonds is 9. The van der Waals surface area contributed by atoms with Crippen LogP contribution in [0.15, 0.2) is 42.5 Å². The maximum Gasteiger partial charge on any atom is 0.262 e. The molecule has 0 aliphatic carbocycles. The summed E-state index contributed by atoms with van der Waals surface area (Å²) in [7, 11) is 0. The number of hydrogen-bond donors (Lipinski definition) is 1. The number of ether oxygens (including phenoxy) is 3. The van der Waals surface area contributed by atoms with Gasteiger partial charge in [0.1, 0.15) is 18.1 Å². The van der Waals surface area contributed by atoms with Crippen molar-refractivity contribution in [2.24, 2.45) is 0 Å². The molecule has 0 unspecified atom stereocenters. The van der Waals surface area contributed by atoms with Crippen molar-refractivity contribution in [3.05, 3.63) is 53.6 Å². The summed E-state index contributed by atoms with van der Waals surface area (Å²) in [5.41, 5.74) is 2.81. The van der Waals surface area contributed by atoms with Crippen LogP contribution in [0.3, 0.4) is 0 Å². The van der Waals surface area contributed by atoms with Gasteiger partial charge >= 0.3 is 0 Å². The number of nitrogens with one attached hydrogen (secondary N) is 1. The van der Waals surface area contributed by atoms with Crippen molar-refractivity contribution in [3.8, 4) is 11.5 Å². The van der Waals surface area contributed by atoms with Crippen LogP contribution in [0.1, 0.15) is 18.1 Å². The Morgan fingerprint density at radius 1 is 1.00 bits per heavy atom. The third-order valence-corrected chi connectivity index (χ3v) is 3.54. The first-order valence-corrected chi connectivity index (χ1v) is 8.39. The molecule has 134 valence electrons. The number of carbonyl (C=O) groups is 1. The summed E-state index contributed by atoms with van der Waals surface area (Å²) in [6, 6.07) is 13.1. The molecule has 5 nitrogen and oxygen atoms in total. The molecule has 5 heteroatoms. The number of carbonyl (C=O) groups excluding carboxylic acids is 1. The van der Waals surface area contributed by atoms with Crippen molar-refractivity contribution in [2.75, 3.05) is 31.7 Å². The van der Waals surface area contributed by atoms with Crippen LogP contribution in [0, 0.1) is 13.8 Å². The zero-order valence-electron chi connectivity index (χ0n) is 15.0. The van der Waals surface area contributed by atoms with Gasteiger partial charge in [0.2, 0.25) is 0 Å². The van der Waals surface area contributed by atoms with Gasteiger partial charge in [-0.25, -0.2) is 0 Å². The molecular weight excluding hydrogens is 318 g/mol. The summed E-state index contributed by atoms with van der Waals surface area (Å²) in [5.74, 6) is 1.27. The van der Waals surface area contributed by atoms with Gasteiger partial charge in [-0.2, -0.15) is 0 Å². The van der Waals surface area contributed by atoms with Crippen molar-refractivity contribution in [1.29, 1.82) is 0 Å². The molecule has 0 saturated carbocycles. The van der Waals surface area contributed by atoms with Gasteiger partial charge in [-0.1, -0.05) is 12.1 Å². The van der Waals surface area contributed by atoms with Crippen molar-refractivity contribution >= 4 is 11.6 Å². The highest BCUT2D eigenvalue weighted by Gasteiger charge is 2.06. The highest BCUT2D eigenvalue weighted by Crippen LogP contribution is 2.19. The third kappa shape index (κ3) is 6.47. The Hall–Kier alpha value is -2.53. The first kappa shape index (κ1) is 18.8. The van der Waals surface area contributed by atoms with Crippen LogP contribution in [0.25, 0.3) is 0 Å². The summed E-state index contributed by atoms with van der Waals surface area (Å²) >= 11 is 0. The lowest BCUT2D eigenvalue weighted by Gasteiger charge is -2.11. The van der Waals surface area contributed by atoms with Crippen LogP contribution >= 0.6 is 0 Å². The van der Waals surface area contributed by atoms with E-state index in [-0.39, 0.29) is 12.5 Å². The first-order valence-electron chi connectivity index (χ1n) is 8.39. The van der Waals surface area contributed by atoms with E-state index in [1.807, 2.05) is 51.1 Å². The standard InChI is InChI=1S/C20H25NO4/c1-4-23-11-12-24-18-9-7-17(8-10-18)21-20(22)14-25-19-13-15(2)5-6-16(19)3/h5-10,13H,4,11-12,14H2,1-3H3,(H,21,22). The topological polar surface area (TPSA) is 56.8 Å². The third-order valence-electron chi connectivity index (χ3n) is 3.54. The van der Waals surface area contributed by atoms with Crippen LogP contribution in [-0.4, -0.2) is 32.3 Å². The Balaban J connectivity index is 1.79. The number of aryl methyl sites for hydroxylation is 2. The Morgan fingerprint density at radius 2 is 1.76 bits per heavy atom. The first-order chi connectivity index (χ1) is 12.1. The SMILES string of the molecule is CCOCCOc1ccc(NC(=O)COc2cc(C)ccc2C)cc1. The van der Waals surface area contributed by atoms with Crippen LogP contribution in [-0.2, 0) is 9.53 Å². The van der Waals surface area contributed by atoms with Crippen LogP contribution in [0.4, 0.5) is 5.69 Å². The van der Waals surface area contributed by atoms with E-state index in [0.29, 0.717) is 25.5 Å². The molecular formula is C20H25NO4. The van der Waals surface area contributed by atoms with E-state index in [0.717, 1.165) is 22.6 Å². The molecule has 0 heterocycles. The van der Waals surface area contributed by atoms with Crippen molar-refractivity contribution in [1.82, 2.24) is 0 Å². The van der Waals surface area contributed by atoms with Crippen molar-refractivity contribution < 1.29 is 19.0 Å². The predicted molar refractivity (Wildman–Crippen MR) is 98.5 cm³/mol. The fourth-order valence-electron chi connectivity index (χ4n) is 2.20. The summed E-state index contributed by atoms with van der Waals surface area (Å²) in [6.07, 6.45) is 0. The molecule has 2 aromatic carbocycles. The molecule has 0 aromatic heterocycles. The Morgan fingerprint density at radius 3 is 2.48 bits per heavy atom. The minimum Gasteiger partial charge on any atom is -0.491 e. The van der Waals surface area contributed by atoms with Gasteiger partial charge in [0, 0.05) is 12.3 Å². The van der Waals surface area contributed by atoms with E-state index in [1.54, 1.807) is 12.1 Å². The highest BCUT2D eigenvalue weighted by molar-refractivity contribution is 5.91. The van der Waals surface area contributed by atoms with E-state index < -0.39 is 0 Å². The maximum absolute atomic E-state index is 12.0. The van der Waals surface area contributed by atoms with E-state index in [1.165, 1.54) is 0 Å². The van der Waals surface area contributed by atoms with Gasteiger partial charge in [0.15, 0.2) is 6.61 Å². The zero-order chi connectivity index (χ0) is 18.1. The van der Waals surface area contributed by atoms with Crippen molar-refractivity contribution in [3.63, 3.8) is 0 Å². The Labute approximate surface area is 148 Å². The molecule has 2 aromatic rings. The molecule has 0 radical (unpaired) electrons. The van der Waals surface area contributed by atoms with Gasteiger partial charge in [0.25, 0.3) is 5.91 Å².